The minimum atomic E-state index is -0.241. The number of nitrogens with zero attached hydrogens (tertiary/aromatic N) is 1. The predicted molar refractivity (Wildman–Crippen MR) is 159 cm³/mol. The molecule has 0 aliphatic rings. The van der Waals surface area contributed by atoms with Crippen molar-refractivity contribution in [1.29, 1.82) is 0 Å². The van der Waals surface area contributed by atoms with Gasteiger partial charge in [0.15, 0.2) is 0 Å². The third-order valence-electron chi connectivity index (χ3n) is 6.59. The van der Waals surface area contributed by atoms with Gasteiger partial charge in [0.1, 0.15) is 0 Å². The molecule has 5 aromatic carbocycles. The van der Waals surface area contributed by atoms with Crippen molar-refractivity contribution in [3.63, 3.8) is 0 Å². The number of carbonyl (C=O) groups excluding carboxylic acids is 2. The number of hydrogen-bond donors (Lipinski definition) is 2. The van der Waals surface area contributed by atoms with Crippen LogP contribution in [0.25, 0.3) is 0 Å². The van der Waals surface area contributed by atoms with Gasteiger partial charge in [-0.25, -0.2) is 0 Å². The van der Waals surface area contributed by atoms with Crippen molar-refractivity contribution in [2.45, 2.75) is 13.8 Å². The second-order valence-corrected chi connectivity index (χ2v) is 9.31. The lowest BCUT2D eigenvalue weighted by Gasteiger charge is -2.27. The molecule has 0 aliphatic carbocycles. The number of benzene rings is 5. The summed E-state index contributed by atoms with van der Waals surface area (Å²) in [7, 11) is 0. The molecule has 0 spiro atoms. The fourth-order valence-electron chi connectivity index (χ4n) is 4.37. The smallest absolute Gasteiger partial charge is 0.257 e. The Bertz CT molecular complexity index is 1560. The fraction of sp³-hybridized carbons (Fsp3) is 0.0588. The van der Waals surface area contributed by atoms with Gasteiger partial charge in [0.25, 0.3) is 11.8 Å². The van der Waals surface area contributed by atoms with E-state index in [0.717, 1.165) is 28.3 Å². The zero-order valence-electron chi connectivity index (χ0n) is 21.9. The summed E-state index contributed by atoms with van der Waals surface area (Å²) in [6.45, 7) is 4.05. The van der Waals surface area contributed by atoms with Gasteiger partial charge in [-0.05, 0) is 97.8 Å². The molecule has 0 atom stereocenters. The number of nitrogens with one attached hydrogen (secondary N) is 2. The van der Waals surface area contributed by atoms with E-state index in [1.54, 1.807) is 24.3 Å². The van der Waals surface area contributed by atoms with E-state index in [4.69, 9.17) is 0 Å². The quantitative estimate of drug-likeness (QED) is 0.231. The van der Waals surface area contributed by atoms with E-state index in [2.05, 4.69) is 15.5 Å². The predicted octanol–water partition coefficient (Wildman–Crippen LogP) is 8.28. The van der Waals surface area contributed by atoms with Crippen molar-refractivity contribution in [2.75, 3.05) is 15.5 Å². The first-order valence-electron chi connectivity index (χ1n) is 12.8. The normalized spacial score (nSPS) is 10.5. The first-order chi connectivity index (χ1) is 19.0. The van der Waals surface area contributed by atoms with Crippen LogP contribution in [0.4, 0.5) is 28.4 Å². The summed E-state index contributed by atoms with van der Waals surface area (Å²) in [5.74, 6) is -0.447. The van der Waals surface area contributed by atoms with Crippen LogP contribution in [0.15, 0.2) is 127 Å². The van der Waals surface area contributed by atoms with E-state index < -0.39 is 0 Å². The summed E-state index contributed by atoms with van der Waals surface area (Å²) in [5.41, 5.74) is 7.33. The third kappa shape index (κ3) is 5.89. The van der Waals surface area contributed by atoms with Crippen molar-refractivity contribution in [3.8, 4) is 0 Å². The Hall–Kier alpha value is -5.16. The standard InChI is InChI=1S/C34H29N3O2/c1-24-17-20-28(23-25(24)2)36-33(38)26-18-21-27(22-19-26)35-34(39)31-15-9-10-16-32(31)37(29-11-5-3-6-12-29)30-13-7-4-8-14-30/h3-23H,1-2H3,(H,35,39)(H,36,38). The molecule has 2 amide bonds. The van der Waals surface area contributed by atoms with Crippen LogP contribution in [-0.4, -0.2) is 11.8 Å². The molecule has 0 aliphatic heterocycles. The number of aryl methyl sites for hydroxylation is 2. The topological polar surface area (TPSA) is 61.4 Å². The maximum absolute atomic E-state index is 13.5. The monoisotopic (exact) mass is 511 g/mol. The van der Waals surface area contributed by atoms with Crippen molar-refractivity contribution >= 4 is 40.3 Å². The molecule has 192 valence electrons. The maximum atomic E-state index is 13.5. The van der Waals surface area contributed by atoms with Crippen LogP contribution in [0, 0.1) is 13.8 Å². The van der Waals surface area contributed by atoms with Crippen molar-refractivity contribution in [1.82, 2.24) is 0 Å². The van der Waals surface area contributed by atoms with Gasteiger partial charge in [0.2, 0.25) is 0 Å². The largest absolute Gasteiger partial charge is 0.322 e. The minimum absolute atomic E-state index is 0.206. The van der Waals surface area contributed by atoms with Crippen LogP contribution in [0.2, 0.25) is 0 Å². The number of amides is 2. The van der Waals surface area contributed by atoms with Crippen LogP contribution in [-0.2, 0) is 0 Å². The molecule has 0 saturated carbocycles. The maximum Gasteiger partial charge on any atom is 0.257 e. The van der Waals surface area contributed by atoms with Crippen molar-refractivity contribution < 1.29 is 9.59 Å². The van der Waals surface area contributed by atoms with Gasteiger partial charge in [-0.2, -0.15) is 0 Å². The number of rotatable bonds is 7. The van der Waals surface area contributed by atoms with Crippen LogP contribution in [0.5, 0.6) is 0 Å². The van der Waals surface area contributed by atoms with Crippen LogP contribution < -0.4 is 15.5 Å². The zero-order chi connectivity index (χ0) is 27.2. The molecule has 0 radical (unpaired) electrons. The van der Waals surface area contributed by atoms with E-state index in [0.29, 0.717) is 16.8 Å². The Morgan fingerprint density at radius 2 is 1.08 bits per heavy atom. The number of anilines is 5. The Labute approximate surface area is 228 Å². The summed E-state index contributed by atoms with van der Waals surface area (Å²) in [4.78, 5) is 28.3. The van der Waals surface area contributed by atoms with Crippen LogP contribution in [0.3, 0.4) is 0 Å². The van der Waals surface area contributed by atoms with Crippen molar-refractivity contribution in [2.24, 2.45) is 0 Å². The second-order valence-electron chi connectivity index (χ2n) is 9.31. The number of carbonyl (C=O) groups is 2. The Balaban J connectivity index is 1.37. The number of hydrogen-bond acceptors (Lipinski definition) is 3. The molecule has 5 rings (SSSR count). The molecule has 5 nitrogen and oxygen atoms in total. The molecule has 0 bridgehead atoms. The highest BCUT2D eigenvalue weighted by molar-refractivity contribution is 6.10. The highest BCUT2D eigenvalue weighted by atomic mass is 16.2. The van der Waals surface area contributed by atoms with Gasteiger partial charge in [-0.3, -0.25) is 9.59 Å². The lowest BCUT2D eigenvalue weighted by molar-refractivity contribution is 0.102. The minimum Gasteiger partial charge on any atom is -0.322 e. The summed E-state index contributed by atoms with van der Waals surface area (Å²) in [5, 5.41) is 5.92. The SMILES string of the molecule is Cc1ccc(NC(=O)c2ccc(NC(=O)c3ccccc3N(c3ccccc3)c3ccccc3)cc2)cc1C. The molecular weight excluding hydrogens is 482 g/mol. The molecule has 0 heterocycles. The molecule has 0 fully saturated rings. The second kappa shape index (κ2) is 11.5. The van der Waals surface area contributed by atoms with Crippen LogP contribution in [0.1, 0.15) is 31.8 Å². The van der Waals surface area contributed by atoms with Gasteiger partial charge in [0, 0.05) is 28.3 Å². The van der Waals surface area contributed by atoms with Crippen molar-refractivity contribution in [3.05, 3.63) is 150 Å². The number of para-hydroxylation sites is 3. The van der Waals surface area contributed by atoms with Gasteiger partial charge in [0.05, 0.1) is 11.3 Å². The molecule has 0 unspecified atom stereocenters. The van der Waals surface area contributed by atoms with E-state index in [-0.39, 0.29) is 11.8 Å². The van der Waals surface area contributed by atoms with E-state index in [9.17, 15) is 9.59 Å². The lowest BCUT2D eigenvalue weighted by Crippen LogP contribution is -2.18. The van der Waals surface area contributed by atoms with Gasteiger partial charge < -0.3 is 15.5 Å². The van der Waals surface area contributed by atoms with Gasteiger partial charge in [-0.15, -0.1) is 0 Å². The highest BCUT2D eigenvalue weighted by Crippen LogP contribution is 2.36. The molecular formula is C34H29N3O2. The third-order valence-corrected chi connectivity index (χ3v) is 6.59. The summed E-state index contributed by atoms with van der Waals surface area (Å²) in [6, 6.07) is 40.2. The summed E-state index contributed by atoms with van der Waals surface area (Å²) in [6.07, 6.45) is 0. The molecule has 39 heavy (non-hydrogen) atoms. The van der Waals surface area contributed by atoms with E-state index in [1.807, 2.05) is 117 Å². The lowest BCUT2D eigenvalue weighted by atomic mass is 10.1. The summed E-state index contributed by atoms with van der Waals surface area (Å²) < 4.78 is 0. The molecule has 0 saturated heterocycles. The summed E-state index contributed by atoms with van der Waals surface area (Å²) >= 11 is 0. The Kier molecular flexibility index (Phi) is 7.51. The van der Waals surface area contributed by atoms with Gasteiger partial charge >= 0.3 is 0 Å². The zero-order valence-corrected chi connectivity index (χ0v) is 21.9. The first kappa shape index (κ1) is 25.5. The Morgan fingerprint density at radius 1 is 0.538 bits per heavy atom. The van der Waals surface area contributed by atoms with Crippen LogP contribution >= 0.6 is 0 Å². The molecule has 2 N–H and O–H groups in total. The molecule has 5 heteroatoms. The van der Waals surface area contributed by atoms with E-state index >= 15 is 0 Å². The molecule has 5 aromatic rings. The first-order valence-corrected chi connectivity index (χ1v) is 12.8. The highest BCUT2D eigenvalue weighted by Gasteiger charge is 2.19. The van der Waals surface area contributed by atoms with Gasteiger partial charge in [-0.1, -0.05) is 54.6 Å². The molecule has 0 aromatic heterocycles. The average molecular weight is 512 g/mol. The van der Waals surface area contributed by atoms with E-state index in [1.165, 1.54) is 5.56 Å². The Morgan fingerprint density at radius 3 is 1.69 bits per heavy atom. The average Bonchev–Trinajstić information content (AvgIpc) is 2.97. The fourth-order valence-corrected chi connectivity index (χ4v) is 4.37.